The van der Waals surface area contributed by atoms with Gasteiger partial charge in [-0.25, -0.2) is 0 Å². The van der Waals surface area contributed by atoms with E-state index in [9.17, 15) is 0 Å². The Morgan fingerprint density at radius 1 is 1.12 bits per heavy atom. The van der Waals surface area contributed by atoms with Crippen LogP contribution in [0.15, 0.2) is 18.3 Å². The van der Waals surface area contributed by atoms with Crippen molar-refractivity contribution in [2.75, 3.05) is 5.73 Å². The Labute approximate surface area is 99.8 Å². The van der Waals surface area contributed by atoms with Gasteiger partial charge in [-0.05, 0) is 36.8 Å². The van der Waals surface area contributed by atoms with Gasteiger partial charge in [0.2, 0.25) is 0 Å². The molecule has 0 bridgehead atoms. The van der Waals surface area contributed by atoms with Gasteiger partial charge in [0.15, 0.2) is 5.65 Å². The van der Waals surface area contributed by atoms with Gasteiger partial charge in [0, 0.05) is 17.8 Å². The van der Waals surface area contributed by atoms with Crippen LogP contribution < -0.4 is 5.73 Å². The lowest BCUT2D eigenvalue weighted by atomic mass is 10.0. The Morgan fingerprint density at radius 3 is 2.65 bits per heavy atom. The Kier molecular flexibility index (Phi) is 1.79. The second kappa shape index (κ2) is 3.22. The maximum atomic E-state index is 5.84. The first-order valence-electron chi connectivity index (χ1n) is 6.45. The molecule has 4 heteroatoms. The van der Waals surface area contributed by atoms with Crippen molar-refractivity contribution in [1.82, 2.24) is 14.6 Å². The van der Waals surface area contributed by atoms with Crippen LogP contribution in [0.1, 0.15) is 37.4 Å². The van der Waals surface area contributed by atoms with Gasteiger partial charge in [-0.1, -0.05) is 12.8 Å². The van der Waals surface area contributed by atoms with E-state index in [1.807, 2.05) is 18.3 Å². The molecule has 2 atom stereocenters. The normalized spacial score (nSPS) is 31.4. The van der Waals surface area contributed by atoms with Crippen molar-refractivity contribution in [1.29, 1.82) is 0 Å². The maximum Gasteiger partial charge on any atom is 0.160 e. The van der Waals surface area contributed by atoms with E-state index in [4.69, 9.17) is 5.73 Å². The summed E-state index contributed by atoms with van der Waals surface area (Å²) in [4.78, 5) is 0. The van der Waals surface area contributed by atoms with Crippen LogP contribution in [-0.4, -0.2) is 14.6 Å². The van der Waals surface area contributed by atoms with Crippen molar-refractivity contribution < 1.29 is 0 Å². The summed E-state index contributed by atoms with van der Waals surface area (Å²) in [6.07, 6.45) is 7.46. The first-order valence-corrected chi connectivity index (χ1v) is 6.45. The number of hydrogen-bond donors (Lipinski definition) is 1. The second-order valence-corrected chi connectivity index (χ2v) is 5.39. The van der Waals surface area contributed by atoms with Gasteiger partial charge in [0.25, 0.3) is 0 Å². The van der Waals surface area contributed by atoms with Crippen molar-refractivity contribution in [3.8, 4) is 0 Å². The van der Waals surface area contributed by atoms with Crippen LogP contribution in [0.25, 0.3) is 5.65 Å². The molecule has 2 aromatic heterocycles. The van der Waals surface area contributed by atoms with E-state index in [2.05, 4.69) is 14.6 Å². The van der Waals surface area contributed by atoms with Crippen LogP contribution in [0.5, 0.6) is 0 Å². The summed E-state index contributed by atoms with van der Waals surface area (Å²) in [6.45, 7) is 0. The molecule has 2 heterocycles. The van der Waals surface area contributed by atoms with Crippen LogP contribution in [0, 0.1) is 11.8 Å². The molecule has 2 aromatic rings. The van der Waals surface area contributed by atoms with Gasteiger partial charge in [-0.2, -0.15) is 0 Å². The minimum absolute atomic E-state index is 0.634. The van der Waals surface area contributed by atoms with Gasteiger partial charge in [-0.3, -0.25) is 4.40 Å². The Morgan fingerprint density at radius 2 is 1.88 bits per heavy atom. The number of nitrogens with two attached hydrogens (primary N) is 1. The molecule has 0 amide bonds. The average molecular weight is 228 g/mol. The highest BCUT2D eigenvalue weighted by molar-refractivity contribution is 5.48. The molecule has 2 aliphatic rings. The fraction of sp³-hybridized carbons (Fsp3) is 0.538. The molecule has 2 aliphatic carbocycles. The van der Waals surface area contributed by atoms with Crippen LogP contribution in [-0.2, 0) is 0 Å². The second-order valence-electron chi connectivity index (χ2n) is 5.39. The first-order chi connectivity index (χ1) is 8.34. The highest BCUT2D eigenvalue weighted by Gasteiger charge is 2.53. The van der Waals surface area contributed by atoms with Gasteiger partial charge >= 0.3 is 0 Å². The van der Waals surface area contributed by atoms with Crippen molar-refractivity contribution in [3.05, 3.63) is 24.2 Å². The molecule has 4 nitrogen and oxygen atoms in total. The van der Waals surface area contributed by atoms with E-state index >= 15 is 0 Å². The van der Waals surface area contributed by atoms with E-state index < -0.39 is 0 Å². The minimum Gasteiger partial charge on any atom is -0.398 e. The van der Waals surface area contributed by atoms with Gasteiger partial charge in [-0.15, -0.1) is 10.2 Å². The standard InChI is InChI=1S/C13H16N4/c14-8-5-6-11-15-16-13(17(11)7-8)12-9-3-1-2-4-10(9)12/h5-7,9-10,12H,1-4,14H2. The molecular weight excluding hydrogens is 212 g/mol. The number of pyridine rings is 1. The molecule has 2 unspecified atom stereocenters. The number of nitrogens with zero attached hydrogens (tertiary/aromatic N) is 3. The lowest BCUT2D eigenvalue weighted by molar-refractivity contribution is 0.480. The fourth-order valence-corrected chi connectivity index (χ4v) is 3.53. The number of anilines is 1. The summed E-state index contributed by atoms with van der Waals surface area (Å²) in [5.41, 5.74) is 7.54. The summed E-state index contributed by atoms with van der Waals surface area (Å²) in [7, 11) is 0. The zero-order chi connectivity index (χ0) is 11.4. The molecule has 0 radical (unpaired) electrons. The van der Waals surface area contributed by atoms with Gasteiger partial charge in [0.1, 0.15) is 5.82 Å². The number of nitrogen functional groups attached to an aromatic ring is 1. The molecule has 4 rings (SSSR count). The molecule has 17 heavy (non-hydrogen) atoms. The maximum absolute atomic E-state index is 5.84. The fourth-order valence-electron chi connectivity index (χ4n) is 3.53. The number of rotatable bonds is 1. The van der Waals surface area contributed by atoms with E-state index in [0.717, 1.165) is 29.0 Å². The first kappa shape index (κ1) is 9.45. The summed E-state index contributed by atoms with van der Waals surface area (Å²) >= 11 is 0. The number of hydrogen-bond acceptors (Lipinski definition) is 3. The van der Waals surface area contributed by atoms with Crippen molar-refractivity contribution in [2.24, 2.45) is 11.8 Å². The molecule has 2 N–H and O–H groups in total. The zero-order valence-electron chi connectivity index (χ0n) is 9.71. The van der Waals surface area contributed by atoms with E-state index in [1.54, 1.807) is 0 Å². The molecular formula is C13H16N4. The van der Waals surface area contributed by atoms with Crippen molar-refractivity contribution >= 4 is 11.3 Å². The van der Waals surface area contributed by atoms with Crippen molar-refractivity contribution in [3.63, 3.8) is 0 Å². The molecule has 2 fully saturated rings. The third-order valence-corrected chi connectivity index (χ3v) is 4.41. The monoisotopic (exact) mass is 228 g/mol. The number of fused-ring (bicyclic) bond motifs is 2. The van der Waals surface area contributed by atoms with Gasteiger partial charge in [0.05, 0.1) is 0 Å². The van der Waals surface area contributed by atoms with E-state index in [0.29, 0.717) is 5.92 Å². The largest absolute Gasteiger partial charge is 0.398 e. The molecule has 88 valence electrons. The molecule has 0 aliphatic heterocycles. The van der Waals surface area contributed by atoms with Gasteiger partial charge < -0.3 is 5.73 Å². The SMILES string of the molecule is Nc1ccc2nnc(C3C4CCCCC43)n2c1. The van der Waals surface area contributed by atoms with Crippen molar-refractivity contribution in [2.45, 2.75) is 31.6 Å². The molecule has 0 spiro atoms. The third kappa shape index (κ3) is 1.30. The highest BCUT2D eigenvalue weighted by Crippen LogP contribution is 2.60. The quantitative estimate of drug-likeness (QED) is 0.814. The predicted molar refractivity (Wildman–Crippen MR) is 65.6 cm³/mol. The molecule has 0 aromatic carbocycles. The van der Waals surface area contributed by atoms with Crippen LogP contribution in [0.4, 0.5) is 5.69 Å². The summed E-state index contributed by atoms with van der Waals surface area (Å²) in [6, 6.07) is 3.83. The minimum atomic E-state index is 0.634. The number of aromatic nitrogens is 3. The Hall–Kier alpha value is -1.58. The summed E-state index contributed by atoms with van der Waals surface area (Å²) < 4.78 is 2.08. The van der Waals surface area contributed by atoms with Crippen LogP contribution >= 0.6 is 0 Å². The van der Waals surface area contributed by atoms with Crippen LogP contribution in [0.2, 0.25) is 0 Å². The Bertz CT molecular complexity index is 562. The topological polar surface area (TPSA) is 56.2 Å². The highest BCUT2D eigenvalue weighted by atomic mass is 15.3. The average Bonchev–Trinajstić information content (AvgIpc) is 2.93. The molecule has 0 saturated heterocycles. The third-order valence-electron chi connectivity index (χ3n) is 4.41. The summed E-state index contributed by atoms with van der Waals surface area (Å²) in [5.74, 6) is 3.48. The van der Waals surface area contributed by atoms with E-state index in [-0.39, 0.29) is 0 Å². The smallest absolute Gasteiger partial charge is 0.160 e. The summed E-state index contributed by atoms with van der Waals surface area (Å²) in [5, 5.41) is 8.62. The lowest BCUT2D eigenvalue weighted by Crippen LogP contribution is -1.96. The lowest BCUT2D eigenvalue weighted by Gasteiger charge is -2.04. The van der Waals surface area contributed by atoms with Crippen LogP contribution in [0.3, 0.4) is 0 Å². The zero-order valence-corrected chi connectivity index (χ0v) is 9.71. The predicted octanol–water partition coefficient (Wildman–Crippen LogP) is 2.22. The Balaban J connectivity index is 1.79. The molecule has 2 saturated carbocycles. The van der Waals surface area contributed by atoms with E-state index in [1.165, 1.54) is 25.7 Å².